The normalized spacial score (nSPS) is 12.2. The summed E-state index contributed by atoms with van der Waals surface area (Å²) >= 11 is -2.07. The van der Waals surface area contributed by atoms with Crippen molar-refractivity contribution in [2.45, 2.75) is 39.5 Å². The monoisotopic (exact) mass is 436 g/mol. The first kappa shape index (κ1) is 24.0. The number of H-pyrrole nitrogens is 1. The fourth-order valence-corrected chi connectivity index (χ4v) is 3.47. The molecule has 30 heavy (non-hydrogen) atoms. The Balaban J connectivity index is 1.93. The molecule has 3 N–H and O–H groups in total. The molecular weight excluding hydrogens is 404 g/mol. The van der Waals surface area contributed by atoms with Crippen molar-refractivity contribution in [3.05, 3.63) is 46.1 Å². The van der Waals surface area contributed by atoms with Gasteiger partial charge in [0.25, 0.3) is 11.3 Å². The summed E-state index contributed by atoms with van der Waals surface area (Å²) in [5.74, 6) is 0.848. The van der Waals surface area contributed by atoms with Crippen molar-refractivity contribution in [2.75, 3.05) is 42.8 Å². The molecule has 9 nitrogen and oxygen atoms in total. The lowest BCUT2D eigenvalue weighted by Gasteiger charge is -2.20. The minimum absolute atomic E-state index is 0.332. The van der Waals surface area contributed by atoms with Crippen LogP contribution >= 0.6 is 0 Å². The molecule has 166 valence electrons. The molecule has 0 spiro atoms. The van der Waals surface area contributed by atoms with Gasteiger partial charge in [0.1, 0.15) is 5.82 Å². The zero-order valence-corrected chi connectivity index (χ0v) is 18.7. The van der Waals surface area contributed by atoms with Gasteiger partial charge in [-0.05, 0) is 56.6 Å². The first-order chi connectivity index (χ1) is 14.4. The smallest absolute Gasteiger partial charge is 0.349 e. The number of anilines is 2. The van der Waals surface area contributed by atoms with E-state index in [1.807, 2.05) is 12.1 Å². The van der Waals surface area contributed by atoms with Gasteiger partial charge in [-0.2, -0.15) is 9.97 Å². The second-order valence-electron chi connectivity index (χ2n) is 7.12. The minimum atomic E-state index is -2.07. The van der Waals surface area contributed by atoms with Crippen LogP contribution in [0.1, 0.15) is 44.5 Å². The highest BCUT2D eigenvalue weighted by Gasteiger charge is 2.08. The summed E-state index contributed by atoms with van der Waals surface area (Å²) in [5.41, 5.74) is 1.11. The lowest BCUT2D eigenvalue weighted by atomic mass is 10.1. The summed E-state index contributed by atoms with van der Waals surface area (Å²) in [6.45, 7) is 8.28. The van der Waals surface area contributed by atoms with Gasteiger partial charge >= 0.3 is 5.69 Å². The van der Waals surface area contributed by atoms with Crippen LogP contribution in [0.15, 0.2) is 29.1 Å². The summed E-state index contributed by atoms with van der Waals surface area (Å²) < 4.78 is 21.5. The Kier molecular flexibility index (Phi) is 9.92. The molecule has 1 atom stereocenters. The molecule has 0 saturated carbocycles. The van der Waals surface area contributed by atoms with Crippen molar-refractivity contribution in [2.24, 2.45) is 0 Å². The van der Waals surface area contributed by atoms with Crippen molar-refractivity contribution in [1.29, 1.82) is 0 Å². The predicted octanol–water partition coefficient (Wildman–Crippen LogP) is 2.25. The van der Waals surface area contributed by atoms with Crippen LogP contribution in [-0.4, -0.2) is 61.8 Å². The number of hydrogen-bond donors (Lipinski definition) is 3. The Morgan fingerprint density at radius 3 is 2.37 bits per heavy atom. The van der Waals surface area contributed by atoms with E-state index in [4.69, 9.17) is 4.55 Å². The van der Waals surface area contributed by atoms with Crippen molar-refractivity contribution in [1.82, 2.24) is 19.9 Å². The van der Waals surface area contributed by atoms with Crippen LogP contribution in [0.4, 0.5) is 11.6 Å². The third-order valence-electron chi connectivity index (χ3n) is 4.62. The highest BCUT2D eigenvalue weighted by molar-refractivity contribution is 7.80. The maximum Gasteiger partial charge on any atom is 0.349 e. The summed E-state index contributed by atoms with van der Waals surface area (Å²) in [5, 5.41) is 3.15. The SMILES string of the molecule is CCCN(CCC)CCCNc1nc(Cc2ccc(N(C)S(=O)O)cc2)[nH]c(=O)n1. The topological polar surface area (TPSA) is 114 Å². The molecule has 2 rings (SSSR count). The van der Waals surface area contributed by atoms with Crippen LogP contribution in [0.3, 0.4) is 0 Å². The molecule has 0 aliphatic rings. The van der Waals surface area contributed by atoms with Crippen molar-refractivity contribution in [3.8, 4) is 0 Å². The fourth-order valence-electron chi connectivity index (χ4n) is 3.17. The molecule has 0 aliphatic heterocycles. The van der Waals surface area contributed by atoms with Gasteiger partial charge in [0.15, 0.2) is 0 Å². The Labute approximate surface area is 180 Å². The van der Waals surface area contributed by atoms with E-state index in [1.54, 1.807) is 12.1 Å². The third kappa shape index (κ3) is 7.85. The summed E-state index contributed by atoms with van der Waals surface area (Å²) in [4.78, 5) is 25.3. The van der Waals surface area contributed by atoms with Crippen molar-refractivity contribution in [3.63, 3.8) is 0 Å². The summed E-state index contributed by atoms with van der Waals surface area (Å²) in [6.07, 6.45) is 3.66. The predicted molar refractivity (Wildman–Crippen MR) is 121 cm³/mol. The first-order valence-electron chi connectivity index (χ1n) is 10.3. The number of aromatic amines is 1. The number of nitrogens with zero attached hydrogens (tertiary/aromatic N) is 4. The minimum Gasteiger partial charge on any atom is -0.354 e. The molecule has 2 aromatic rings. The van der Waals surface area contributed by atoms with Crippen molar-refractivity contribution < 1.29 is 8.76 Å². The molecular formula is C20H32N6O3S. The average molecular weight is 437 g/mol. The van der Waals surface area contributed by atoms with E-state index in [2.05, 4.69) is 39.0 Å². The number of aromatic nitrogens is 3. The maximum absolute atomic E-state index is 11.9. The van der Waals surface area contributed by atoms with Gasteiger partial charge in [0.05, 0.1) is 5.69 Å². The lowest BCUT2D eigenvalue weighted by Crippen LogP contribution is -2.28. The molecule has 10 heteroatoms. The Bertz CT molecular complexity index is 852. The number of benzene rings is 1. The molecule has 0 saturated heterocycles. The highest BCUT2D eigenvalue weighted by atomic mass is 32.2. The van der Waals surface area contributed by atoms with Gasteiger partial charge in [-0.25, -0.2) is 9.00 Å². The van der Waals surface area contributed by atoms with Gasteiger partial charge < -0.3 is 10.2 Å². The van der Waals surface area contributed by atoms with E-state index >= 15 is 0 Å². The fraction of sp³-hybridized carbons (Fsp3) is 0.550. The van der Waals surface area contributed by atoms with E-state index in [0.29, 0.717) is 30.4 Å². The Hall–Kier alpha value is -2.30. The third-order valence-corrected chi connectivity index (χ3v) is 5.30. The molecule has 0 fully saturated rings. The standard InChI is InChI=1S/C20H32N6O3S/c1-4-12-26(13-5-2)14-6-11-21-19-22-18(23-20(27)24-19)15-16-7-9-17(10-8-16)25(3)30(28)29/h7-10H,4-6,11-15H2,1-3H3,(H,28,29)(H2,21,22,23,24,27). The highest BCUT2D eigenvalue weighted by Crippen LogP contribution is 2.16. The van der Waals surface area contributed by atoms with Crippen molar-refractivity contribution >= 4 is 22.9 Å². The zero-order valence-electron chi connectivity index (χ0n) is 17.9. The van der Waals surface area contributed by atoms with E-state index in [-0.39, 0.29) is 0 Å². The van der Waals surface area contributed by atoms with Crippen LogP contribution in [0.25, 0.3) is 0 Å². The van der Waals surface area contributed by atoms with Crippen LogP contribution in [0, 0.1) is 0 Å². The Morgan fingerprint density at radius 1 is 1.10 bits per heavy atom. The molecule has 1 unspecified atom stereocenters. The zero-order chi connectivity index (χ0) is 21.9. The lowest BCUT2D eigenvalue weighted by molar-refractivity contribution is 0.274. The second-order valence-corrected chi connectivity index (χ2v) is 8.13. The quantitative estimate of drug-likeness (QED) is 0.326. The van der Waals surface area contributed by atoms with E-state index in [9.17, 15) is 9.00 Å². The second kappa shape index (κ2) is 12.4. The Morgan fingerprint density at radius 2 is 1.77 bits per heavy atom. The number of rotatable bonds is 13. The van der Waals surface area contributed by atoms with Gasteiger partial charge in [-0.1, -0.05) is 26.0 Å². The molecule has 1 heterocycles. The van der Waals surface area contributed by atoms with Crippen LogP contribution in [-0.2, 0) is 17.7 Å². The van der Waals surface area contributed by atoms with Gasteiger partial charge in [0.2, 0.25) is 5.95 Å². The average Bonchev–Trinajstić information content (AvgIpc) is 2.71. The summed E-state index contributed by atoms with van der Waals surface area (Å²) in [7, 11) is 1.54. The van der Waals surface area contributed by atoms with Gasteiger partial charge in [0, 0.05) is 20.0 Å². The van der Waals surface area contributed by atoms with Crippen LogP contribution in [0.5, 0.6) is 0 Å². The van der Waals surface area contributed by atoms with E-state index in [1.165, 1.54) is 11.4 Å². The molecule has 1 aromatic heterocycles. The van der Waals surface area contributed by atoms with E-state index in [0.717, 1.165) is 44.5 Å². The summed E-state index contributed by atoms with van der Waals surface area (Å²) in [6, 6.07) is 7.17. The molecule has 0 amide bonds. The van der Waals surface area contributed by atoms with Gasteiger partial charge in [-0.15, -0.1) is 0 Å². The largest absolute Gasteiger partial charge is 0.354 e. The van der Waals surface area contributed by atoms with Crippen LogP contribution in [0.2, 0.25) is 0 Å². The molecule has 0 aliphatic carbocycles. The van der Waals surface area contributed by atoms with Gasteiger partial charge in [-0.3, -0.25) is 13.8 Å². The number of nitrogens with one attached hydrogen (secondary N) is 2. The van der Waals surface area contributed by atoms with E-state index < -0.39 is 17.0 Å². The number of hydrogen-bond acceptors (Lipinski definition) is 6. The molecule has 0 radical (unpaired) electrons. The maximum atomic E-state index is 11.9. The molecule has 1 aromatic carbocycles. The first-order valence-corrected chi connectivity index (χ1v) is 11.4. The molecule has 0 bridgehead atoms. The van der Waals surface area contributed by atoms with Crippen LogP contribution < -0.4 is 15.3 Å².